The van der Waals surface area contributed by atoms with Gasteiger partial charge in [0.25, 0.3) is 0 Å². The first-order chi connectivity index (χ1) is 12.3. The van der Waals surface area contributed by atoms with Crippen molar-refractivity contribution in [2.45, 2.75) is 77.3 Å². The largest absolute Gasteiger partial charge is 0.298 e. The second-order valence-electron chi connectivity index (χ2n) is 7.89. The van der Waals surface area contributed by atoms with Gasteiger partial charge in [0, 0.05) is 12.1 Å². The van der Waals surface area contributed by atoms with E-state index < -0.39 is 0 Å². The molecule has 0 spiro atoms. The van der Waals surface area contributed by atoms with Crippen molar-refractivity contribution in [2.75, 3.05) is 6.54 Å². The van der Waals surface area contributed by atoms with Gasteiger partial charge in [-0.15, -0.1) is 0 Å². The van der Waals surface area contributed by atoms with Crippen LogP contribution in [-0.4, -0.2) is 23.5 Å². The van der Waals surface area contributed by atoms with Gasteiger partial charge in [-0.25, -0.2) is 0 Å². The Balaban J connectivity index is 1.49. The molecule has 0 bridgehead atoms. The third-order valence-corrected chi connectivity index (χ3v) is 6.29. The summed E-state index contributed by atoms with van der Waals surface area (Å²) in [5.41, 5.74) is 3.11. The van der Waals surface area contributed by atoms with Crippen LogP contribution in [0, 0.1) is 5.92 Å². The molecule has 2 aliphatic rings. The minimum Gasteiger partial charge on any atom is -0.298 e. The predicted octanol–water partition coefficient (Wildman–Crippen LogP) is 6.16. The molecule has 1 fully saturated rings. The summed E-state index contributed by atoms with van der Waals surface area (Å²) in [4.78, 5) is 2.78. The molecule has 0 N–H and O–H groups in total. The maximum absolute atomic E-state index is 2.78. The van der Waals surface area contributed by atoms with Crippen molar-refractivity contribution in [3.63, 3.8) is 0 Å². The van der Waals surface area contributed by atoms with E-state index in [-0.39, 0.29) is 0 Å². The van der Waals surface area contributed by atoms with Crippen molar-refractivity contribution in [1.82, 2.24) is 4.90 Å². The van der Waals surface area contributed by atoms with Gasteiger partial charge in [0.1, 0.15) is 0 Å². The van der Waals surface area contributed by atoms with Crippen molar-refractivity contribution in [3.8, 4) is 0 Å². The standard InChI is InChI=1S/C24H35N/c1-3-25(20(2)14-15-21-10-6-4-7-11-21)24-18-16-23(17-19-24)22-12-8-5-9-13-22/h4,6-8,10-13,20,23-24H,3,5,9,14-19H2,1-2H3/t20-,23?,24?/m1/s1. The Morgan fingerprint density at radius 1 is 1.04 bits per heavy atom. The van der Waals surface area contributed by atoms with Gasteiger partial charge >= 0.3 is 0 Å². The molecule has 1 saturated carbocycles. The highest BCUT2D eigenvalue weighted by atomic mass is 15.2. The molecule has 0 radical (unpaired) electrons. The fourth-order valence-electron chi connectivity index (χ4n) is 4.79. The number of rotatable bonds is 7. The molecule has 0 aromatic heterocycles. The first-order valence-electron chi connectivity index (χ1n) is 10.4. The lowest BCUT2D eigenvalue weighted by molar-refractivity contribution is 0.105. The van der Waals surface area contributed by atoms with Crippen LogP contribution < -0.4 is 0 Å². The minimum absolute atomic E-state index is 0.681. The van der Waals surface area contributed by atoms with Crippen LogP contribution in [0.15, 0.2) is 54.1 Å². The van der Waals surface area contributed by atoms with Crippen molar-refractivity contribution in [1.29, 1.82) is 0 Å². The van der Waals surface area contributed by atoms with E-state index in [1.807, 2.05) is 0 Å². The van der Waals surface area contributed by atoms with Gasteiger partial charge in [-0.05, 0) is 81.9 Å². The van der Waals surface area contributed by atoms with Crippen LogP contribution in [0.1, 0.15) is 64.4 Å². The molecule has 0 saturated heterocycles. The van der Waals surface area contributed by atoms with Gasteiger partial charge in [-0.1, -0.05) is 55.5 Å². The first kappa shape index (κ1) is 18.5. The zero-order chi connectivity index (χ0) is 17.5. The third kappa shape index (κ3) is 5.07. The second kappa shape index (κ2) is 9.38. The van der Waals surface area contributed by atoms with Gasteiger partial charge in [0.15, 0.2) is 0 Å². The summed E-state index contributed by atoms with van der Waals surface area (Å²) >= 11 is 0. The smallest absolute Gasteiger partial charge is 0.00983 e. The predicted molar refractivity (Wildman–Crippen MR) is 109 cm³/mol. The quantitative estimate of drug-likeness (QED) is 0.575. The molecule has 0 heterocycles. The summed E-state index contributed by atoms with van der Waals surface area (Å²) in [5.74, 6) is 0.825. The Hall–Kier alpha value is -1.34. The van der Waals surface area contributed by atoms with Crippen LogP contribution in [0.25, 0.3) is 0 Å². The molecule has 1 nitrogen and oxygen atoms in total. The number of aryl methyl sites for hydroxylation is 1. The van der Waals surface area contributed by atoms with Gasteiger partial charge in [-0.2, -0.15) is 0 Å². The van der Waals surface area contributed by atoms with E-state index >= 15 is 0 Å². The van der Waals surface area contributed by atoms with Crippen LogP contribution in [0.3, 0.4) is 0 Å². The number of hydrogen-bond acceptors (Lipinski definition) is 1. The van der Waals surface area contributed by atoms with Crippen LogP contribution >= 0.6 is 0 Å². The second-order valence-corrected chi connectivity index (χ2v) is 7.89. The molecular formula is C24H35N. The Labute approximate surface area is 154 Å². The molecule has 136 valence electrons. The van der Waals surface area contributed by atoms with Crippen molar-refractivity contribution in [2.24, 2.45) is 5.92 Å². The van der Waals surface area contributed by atoms with Crippen molar-refractivity contribution >= 4 is 0 Å². The SMILES string of the molecule is CCN(C1CCC(C2=CCCC=C2)CC1)[C@H](C)CCc1ccccc1. The molecule has 2 aliphatic carbocycles. The van der Waals surface area contributed by atoms with E-state index in [0.717, 1.165) is 12.0 Å². The van der Waals surface area contributed by atoms with E-state index in [9.17, 15) is 0 Å². The molecule has 1 aromatic carbocycles. The van der Waals surface area contributed by atoms with E-state index in [1.54, 1.807) is 5.57 Å². The Morgan fingerprint density at radius 3 is 2.44 bits per heavy atom. The molecule has 0 amide bonds. The zero-order valence-electron chi connectivity index (χ0n) is 16.2. The molecule has 0 aliphatic heterocycles. The van der Waals surface area contributed by atoms with E-state index in [0.29, 0.717) is 6.04 Å². The lowest BCUT2D eigenvalue weighted by atomic mass is 9.79. The first-order valence-corrected chi connectivity index (χ1v) is 10.4. The molecule has 3 rings (SSSR count). The molecule has 25 heavy (non-hydrogen) atoms. The van der Waals surface area contributed by atoms with Gasteiger partial charge in [0.05, 0.1) is 0 Å². The molecule has 1 atom stereocenters. The molecular weight excluding hydrogens is 302 g/mol. The van der Waals surface area contributed by atoms with Gasteiger partial charge < -0.3 is 0 Å². The highest BCUT2D eigenvalue weighted by Crippen LogP contribution is 2.35. The van der Waals surface area contributed by atoms with Crippen LogP contribution in [0.4, 0.5) is 0 Å². The molecule has 1 aromatic rings. The Kier molecular flexibility index (Phi) is 6.93. The fourth-order valence-corrected chi connectivity index (χ4v) is 4.79. The summed E-state index contributed by atoms with van der Waals surface area (Å²) in [6, 6.07) is 12.4. The third-order valence-electron chi connectivity index (χ3n) is 6.29. The fraction of sp³-hybridized carbons (Fsp3) is 0.583. The van der Waals surface area contributed by atoms with E-state index in [4.69, 9.17) is 0 Å². The lowest BCUT2D eigenvalue weighted by Gasteiger charge is -2.40. The average molecular weight is 338 g/mol. The van der Waals surface area contributed by atoms with Gasteiger partial charge in [-0.3, -0.25) is 4.90 Å². The minimum atomic E-state index is 0.681. The van der Waals surface area contributed by atoms with Crippen LogP contribution in [0.2, 0.25) is 0 Å². The summed E-state index contributed by atoms with van der Waals surface area (Å²) < 4.78 is 0. The van der Waals surface area contributed by atoms with Gasteiger partial charge in [0.2, 0.25) is 0 Å². The van der Waals surface area contributed by atoms with E-state index in [1.165, 1.54) is 63.5 Å². The summed E-state index contributed by atoms with van der Waals surface area (Å²) in [6.07, 6.45) is 17.7. The maximum atomic E-state index is 2.78. The number of nitrogens with zero attached hydrogens (tertiary/aromatic N) is 1. The summed E-state index contributed by atoms with van der Waals surface area (Å²) in [7, 11) is 0. The Bertz CT molecular complexity index is 563. The van der Waals surface area contributed by atoms with E-state index in [2.05, 4.69) is 67.3 Å². The topological polar surface area (TPSA) is 3.24 Å². The zero-order valence-corrected chi connectivity index (χ0v) is 16.2. The molecule has 1 heteroatoms. The highest BCUT2D eigenvalue weighted by Gasteiger charge is 2.28. The normalized spacial score (nSPS) is 25.0. The number of benzene rings is 1. The van der Waals surface area contributed by atoms with Crippen molar-refractivity contribution in [3.05, 3.63) is 59.7 Å². The summed E-state index contributed by atoms with van der Waals surface area (Å²) in [6.45, 7) is 5.97. The maximum Gasteiger partial charge on any atom is 0.00983 e. The van der Waals surface area contributed by atoms with Crippen LogP contribution in [0.5, 0.6) is 0 Å². The highest BCUT2D eigenvalue weighted by molar-refractivity contribution is 5.25. The molecule has 0 unspecified atom stereocenters. The average Bonchev–Trinajstić information content (AvgIpc) is 2.69. The lowest BCUT2D eigenvalue weighted by Crippen LogP contribution is -2.43. The Morgan fingerprint density at radius 2 is 1.80 bits per heavy atom. The summed E-state index contributed by atoms with van der Waals surface area (Å²) in [5, 5.41) is 0. The van der Waals surface area contributed by atoms with Crippen molar-refractivity contribution < 1.29 is 0 Å². The number of allylic oxidation sites excluding steroid dienone is 4. The monoisotopic (exact) mass is 337 g/mol. The van der Waals surface area contributed by atoms with Crippen LogP contribution in [-0.2, 0) is 6.42 Å². The number of hydrogen-bond donors (Lipinski definition) is 0.